The maximum absolute atomic E-state index is 10.6. The van der Waals surface area contributed by atoms with Crippen molar-refractivity contribution in [2.45, 2.75) is 19.1 Å². The van der Waals surface area contributed by atoms with Crippen molar-refractivity contribution in [3.8, 4) is 0 Å². The van der Waals surface area contributed by atoms with Gasteiger partial charge in [-0.3, -0.25) is 0 Å². The molecule has 15 heavy (non-hydrogen) atoms. The number of aromatic amines is 1. The minimum absolute atomic E-state index is 0.203. The number of nitro groups is 1. The van der Waals surface area contributed by atoms with Crippen LogP contribution in [0.15, 0.2) is 0 Å². The van der Waals surface area contributed by atoms with Crippen molar-refractivity contribution in [3.63, 3.8) is 0 Å². The largest absolute Gasteiger partial charge is 0.389 e. The van der Waals surface area contributed by atoms with Crippen molar-refractivity contribution in [3.05, 3.63) is 21.6 Å². The predicted molar refractivity (Wildman–Crippen MR) is 51.7 cm³/mol. The van der Waals surface area contributed by atoms with Gasteiger partial charge in [0.15, 0.2) is 11.5 Å². The van der Waals surface area contributed by atoms with Gasteiger partial charge in [-0.25, -0.2) is 9.97 Å². The van der Waals surface area contributed by atoms with E-state index in [9.17, 15) is 20.3 Å². The van der Waals surface area contributed by atoms with Crippen molar-refractivity contribution in [2.75, 3.05) is 5.88 Å². The quantitative estimate of drug-likeness (QED) is 0.394. The van der Waals surface area contributed by atoms with Crippen LogP contribution < -0.4 is 0 Å². The molecule has 0 aliphatic carbocycles. The molecule has 0 radical (unpaired) electrons. The number of aliphatic hydroxyl groups is 2. The summed E-state index contributed by atoms with van der Waals surface area (Å²) in [5.41, 5.74) is -0.203. The van der Waals surface area contributed by atoms with Crippen LogP contribution in [0.1, 0.15) is 17.6 Å². The second-order valence-electron chi connectivity index (χ2n) is 2.98. The Morgan fingerprint density at radius 1 is 1.67 bits per heavy atom. The standard InChI is InChI=1S/C7H10ClN3O4/c1-3-9-5(6(13)4(12)2-8)7(10-3)11(14)15/h4,6,12-13H,2H2,1H3,(H,9,10). The molecular formula is C7H10ClN3O4. The van der Waals surface area contributed by atoms with Crippen LogP contribution in [0.25, 0.3) is 0 Å². The summed E-state index contributed by atoms with van der Waals surface area (Å²) < 4.78 is 0. The van der Waals surface area contributed by atoms with Crippen molar-refractivity contribution < 1.29 is 15.1 Å². The first-order valence-electron chi connectivity index (χ1n) is 4.10. The van der Waals surface area contributed by atoms with E-state index in [1.54, 1.807) is 0 Å². The van der Waals surface area contributed by atoms with Gasteiger partial charge in [0.2, 0.25) is 0 Å². The summed E-state index contributed by atoms with van der Waals surface area (Å²) in [5, 5.41) is 29.3. The van der Waals surface area contributed by atoms with Gasteiger partial charge < -0.3 is 20.3 Å². The van der Waals surface area contributed by atoms with Crippen LogP contribution in [0, 0.1) is 17.0 Å². The van der Waals surface area contributed by atoms with E-state index in [1.165, 1.54) is 6.92 Å². The highest BCUT2D eigenvalue weighted by Gasteiger charge is 2.29. The van der Waals surface area contributed by atoms with Crippen LogP contribution >= 0.6 is 11.6 Å². The van der Waals surface area contributed by atoms with E-state index in [4.69, 9.17) is 11.6 Å². The van der Waals surface area contributed by atoms with Crippen LogP contribution in [-0.2, 0) is 0 Å². The number of hydrogen-bond donors (Lipinski definition) is 3. The number of nitrogens with zero attached hydrogens (tertiary/aromatic N) is 2. The Morgan fingerprint density at radius 3 is 2.73 bits per heavy atom. The predicted octanol–water partition coefficient (Wildman–Crippen LogP) is 0.259. The lowest BCUT2D eigenvalue weighted by molar-refractivity contribution is -0.390. The molecule has 0 spiro atoms. The van der Waals surface area contributed by atoms with Crippen molar-refractivity contribution in [1.29, 1.82) is 0 Å². The monoisotopic (exact) mass is 235 g/mol. The summed E-state index contributed by atoms with van der Waals surface area (Å²) in [4.78, 5) is 16.0. The number of rotatable bonds is 4. The molecule has 84 valence electrons. The van der Waals surface area contributed by atoms with E-state index in [0.29, 0.717) is 0 Å². The summed E-state index contributed by atoms with van der Waals surface area (Å²) in [6.45, 7) is 1.51. The zero-order chi connectivity index (χ0) is 11.6. The third-order valence-electron chi connectivity index (χ3n) is 1.82. The Labute approximate surface area is 89.9 Å². The average molecular weight is 236 g/mol. The summed E-state index contributed by atoms with van der Waals surface area (Å²) in [6.07, 6.45) is -2.75. The Balaban J connectivity index is 3.07. The molecule has 3 N–H and O–H groups in total. The number of alkyl halides is 1. The Morgan fingerprint density at radius 2 is 2.27 bits per heavy atom. The fourth-order valence-electron chi connectivity index (χ4n) is 1.11. The van der Waals surface area contributed by atoms with E-state index in [-0.39, 0.29) is 17.4 Å². The second kappa shape index (κ2) is 4.56. The summed E-state index contributed by atoms with van der Waals surface area (Å²) in [5.74, 6) is -0.369. The number of nitrogens with one attached hydrogen (secondary N) is 1. The molecule has 0 fully saturated rings. The number of H-pyrrole nitrogens is 1. The normalized spacial score (nSPS) is 14.9. The average Bonchev–Trinajstić information content (AvgIpc) is 2.58. The molecule has 7 nitrogen and oxygen atoms in total. The Bertz CT molecular complexity index is 367. The number of aliphatic hydroxyl groups excluding tert-OH is 2. The third-order valence-corrected chi connectivity index (χ3v) is 2.13. The Kier molecular flexibility index (Phi) is 3.61. The minimum Gasteiger partial charge on any atom is -0.389 e. The maximum atomic E-state index is 10.6. The van der Waals surface area contributed by atoms with Gasteiger partial charge in [0, 0.05) is 6.92 Å². The first-order valence-corrected chi connectivity index (χ1v) is 4.63. The highest BCUT2D eigenvalue weighted by atomic mass is 35.5. The molecule has 0 bridgehead atoms. The molecule has 0 amide bonds. The molecule has 0 saturated carbocycles. The third kappa shape index (κ3) is 2.44. The molecule has 1 heterocycles. The minimum atomic E-state index is -1.46. The van der Waals surface area contributed by atoms with Gasteiger partial charge in [0.05, 0.1) is 12.0 Å². The fourth-order valence-corrected chi connectivity index (χ4v) is 1.28. The molecule has 1 aromatic heterocycles. The van der Waals surface area contributed by atoms with Crippen molar-refractivity contribution >= 4 is 17.4 Å². The zero-order valence-corrected chi connectivity index (χ0v) is 8.60. The molecule has 1 rings (SSSR count). The summed E-state index contributed by atoms with van der Waals surface area (Å²) >= 11 is 5.32. The zero-order valence-electron chi connectivity index (χ0n) is 7.85. The van der Waals surface area contributed by atoms with E-state index < -0.39 is 22.9 Å². The summed E-state index contributed by atoms with van der Waals surface area (Å²) in [6, 6.07) is 0. The molecular weight excluding hydrogens is 226 g/mol. The topological polar surface area (TPSA) is 112 Å². The number of aryl methyl sites for hydroxylation is 1. The van der Waals surface area contributed by atoms with E-state index in [0.717, 1.165) is 0 Å². The lowest BCUT2D eigenvalue weighted by Crippen LogP contribution is -2.20. The lowest BCUT2D eigenvalue weighted by Gasteiger charge is -2.12. The van der Waals surface area contributed by atoms with Crippen molar-refractivity contribution in [2.24, 2.45) is 0 Å². The smallest absolute Gasteiger partial charge is 0.346 e. The lowest BCUT2D eigenvalue weighted by atomic mass is 10.1. The van der Waals surface area contributed by atoms with Gasteiger partial charge >= 0.3 is 5.82 Å². The van der Waals surface area contributed by atoms with Crippen LogP contribution in [0.4, 0.5) is 5.82 Å². The molecule has 0 aliphatic rings. The molecule has 2 unspecified atom stereocenters. The van der Waals surface area contributed by atoms with Gasteiger partial charge in [-0.05, 0) is 4.92 Å². The molecule has 2 atom stereocenters. The Hall–Kier alpha value is -1.18. The van der Waals surface area contributed by atoms with Crippen LogP contribution in [-0.4, -0.2) is 37.1 Å². The fraction of sp³-hybridized carbons (Fsp3) is 0.571. The first kappa shape index (κ1) is 11.9. The van der Waals surface area contributed by atoms with Crippen LogP contribution in [0.2, 0.25) is 0 Å². The first-order chi connectivity index (χ1) is 6.97. The van der Waals surface area contributed by atoms with E-state index in [1.807, 2.05) is 0 Å². The number of hydrogen-bond acceptors (Lipinski definition) is 5. The van der Waals surface area contributed by atoms with Gasteiger partial charge in [-0.2, -0.15) is 0 Å². The summed E-state index contributed by atoms with van der Waals surface area (Å²) in [7, 11) is 0. The van der Waals surface area contributed by atoms with Gasteiger partial charge in [-0.1, -0.05) is 0 Å². The van der Waals surface area contributed by atoms with Crippen molar-refractivity contribution in [1.82, 2.24) is 9.97 Å². The maximum Gasteiger partial charge on any atom is 0.346 e. The van der Waals surface area contributed by atoms with E-state index in [2.05, 4.69) is 9.97 Å². The second-order valence-corrected chi connectivity index (χ2v) is 3.29. The number of imidazole rings is 1. The SMILES string of the molecule is Cc1nc(C(O)C(O)CCl)c([N+](=O)[O-])[nH]1. The molecule has 8 heteroatoms. The van der Waals surface area contributed by atoms with Gasteiger partial charge in [0.25, 0.3) is 0 Å². The van der Waals surface area contributed by atoms with Crippen LogP contribution in [0.5, 0.6) is 0 Å². The number of halogens is 1. The number of aromatic nitrogens is 2. The highest BCUT2D eigenvalue weighted by Crippen LogP contribution is 2.25. The van der Waals surface area contributed by atoms with Gasteiger partial charge in [0.1, 0.15) is 6.10 Å². The van der Waals surface area contributed by atoms with Gasteiger partial charge in [-0.15, -0.1) is 11.6 Å². The molecule has 0 aromatic carbocycles. The highest BCUT2D eigenvalue weighted by molar-refractivity contribution is 6.18. The molecule has 1 aromatic rings. The van der Waals surface area contributed by atoms with Crippen LogP contribution in [0.3, 0.4) is 0 Å². The molecule has 0 saturated heterocycles. The van der Waals surface area contributed by atoms with E-state index >= 15 is 0 Å². The molecule has 0 aliphatic heterocycles.